The van der Waals surface area contributed by atoms with Crippen molar-refractivity contribution in [1.29, 1.82) is 0 Å². The first kappa shape index (κ1) is 24.0. The Bertz CT molecular complexity index is 821. The van der Waals surface area contributed by atoms with Crippen molar-refractivity contribution < 1.29 is 4.79 Å². The molecule has 0 aromatic heterocycles. The first-order valence-corrected chi connectivity index (χ1v) is 10.4. The largest absolute Gasteiger partial charge is 0.357 e. The van der Waals surface area contributed by atoms with Gasteiger partial charge in [0, 0.05) is 25.3 Å². The first-order chi connectivity index (χ1) is 14.2. The highest BCUT2D eigenvalue weighted by Gasteiger charge is 2.17. The molecule has 1 aliphatic rings. The van der Waals surface area contributed by atoms with Crippen LogP contribution in [0.3, 0.4) is 0 Å². The molecule has 7 heteroatoms. The predicted octanol–water partition coefficient (Wildman–Crippen LogP) is 4.75. The van der Waals surface area contributed by atoms with Crippen LogP contribution in [0.5, 0.6) is 0 Å². The number of nitrogens with one attached hydrogen (secondary N) is 3. The average molecular weight is 521 g/mol. The quantitative estimate of drug-likeness (QED) is 0.292. The maximum Gasteiger partial charge on any atom is 0.321 e. The van der Waals surface area contributed by atoms with E-state index in [0.29, 0.717) is 6.54 Å². The second kappa shape index (κ2) is 12.4. The van der Waals surface area contributed by atoms with Gasteiger partial charge in [-0.3, -0.25) is 0 Å². The molecule has 2 aromatic rings. The molecule has 2 aromatic carbocycles. The van der Waals surface area contributed by atoms with Crippen LogP contribution in [0.2, 0.25) is 0 Å². The average Bonchev–Trinajstić information content (AvgIpc) is 3.28. The number of hydrogen-bond acceptors (Lipinski definition) is 2. The van der Waals surface area contributed by atoms with E-state index in [-0.39, 0.29) is 36.0 Å². The number of nitrogens with zero attached hydrogens (tertiary/aromatic N) is 2. The molecule has 0 aliphatic carbocycles. The Morgan fingerprint density at radius 2 is 1.83 bits per heavy atom. The molecule has 0 saturated carbocycles. The van der Waals surface area contributed by atoms with Crippen molar-refractivity contribution in [2.24, 2.45) is 4.99 Å². The van der Waals surface area contributed by atoms with Gasteiger partial charge < -0.3 is 20.9 Å². The standard InChI is InChI=1S/C23H31N5O.HI/c1-3-24-22(26-18(2)20-11-5-4-6-12-20)25-17-19-10-9-13-21(16-19)27-23(29)28-14-7-8-15-28;/h4-6,9-13,16,18H,3,7-8,14-15,17H2,1-2H3,(H,27,29)(H2,24,25,26);1H. The van der Waals surface area contributed by atoms with Gasteiger partial charge in [0.25, 0.3) is 0 Å². The maximum atomic E-state index is 12.3. The zero-order chi connectivity index (χ0) is 20.5. The van der Waals surface area contributed by atoms with E-state index in [4.69, 9.17) is 4.99 Å². The fourth-order valence-corrected chi connectivity index (χ4v) is 3.39. The van der Waals surface area contributed by atoms with Crippen molar-refractivity contribution in [1.82, 2.24) is 15.5 Å². The Hall–Kier alpha value is -2.29. The monoisotopic (exact) mass is 521 g/mol. The van der Waals surface area contributed by atoms with E-state index in [1.807, 2.05) is 47.4 Å². The molecule has 0 bridgehead atoms. The van der Waals surface area contributed by atoms with Crippen molar-refractivity contribution in [3.63, 3.8) is 0 Å². The van der Waals surface area contributed by atoms with Crippen LogP contribution >= 0.6 is 24.0 Å². The minimum Gasteiger partial charge on any atom is -0.357 e. The summed E-state index contributed by atoms with van der Waals surface area (Å²) in [5.41, 5.74) is 3.07. The number of hydrogen-bond donors (Lipinski definition) is 3. The van der Waals surface area contributed by atoms with E-state index in [9.17, 15) is 4.79 Å². The lowest BCUT2D eigenvalue weighted by molar-refractivity contribution is 0.222. The van der Waals surface area contributed by atoms with E-state index >= 15 is 0 Å². The van der Waals surface area contributed by atoms with E-state index < -0.39 is 0 Å². The highest BCUT2D eigenvalue weighted by molar-refractivity contribution is 14.0. The minimum atomic E-state index is -0.0187. The zero-order valence-corrected chi connectivity index (χ0v) is 20.1. The molecule has 1 aliphatic heterocycles. The van der Waals surface area contributed by atoms with Gasteiger partial charge in [-0.2, -0.15) is 0 Å². The number of guanidine groups is 1. The molecule has 162 valence electrons. The lowest BCUT2D eigenvalue weighted by atomic mass is 10.1. The molecule has 2 amide bonds. The van der Waals surface area contributed by atoms with Crippen LogP contribution in [-0.4, -0.2) is 36.5 Å². The minimum absolute atomic E-state index is 0. The summed E-state index contributed by atoms with van der Waals surface area (Å²) >= 11 is 0. The lowest BCUT2D eigenvalue weighted by Gasteiger charge is -2.18. The number of aliphatic imine (C=N–C) groups is 1. The Morgan fingerprint density at radius 3 is 2.53 bits per heavy atom. The normalized spacial score (nSPS) is 14.6. The SMILES string of the molecule is CCNC(=NCc1cccc(NC(=O)N2CCCC2)c1)NC(C)c1ccccc1.I. The summed E-state index contributed by atoms with van der Waals surface area (Å²) in [5.74, 6) is 0.773. The van der Waals surface area contributed by atoms with Crippen LogP contribution in [0.25, 0.3) is 0 Å². The third-order valence-corrected chi connectivity index (χ3v) is 4.99. The number of likely N-dealkylation sites (tertiary alicyclic amines) is 1. The summed E-state index contributed by atoms with van der Waals surface area (Å²) in [5, 5.41) is 9.75. The highest BCUT2D eigenvalue weighted by Crippen LogP contribution is 2.15. The molecular formula is C23H32IN5O. The van der Waals surface area contributed by atoms with E-state index in [2.05, 4.69) is 41.9 Å². The number of halogens is 1. The topological polar surface area (TPSA) is 68.8 Å². The Balaban J connectivity index is 0.00000320. The van der Waals surface area contributed by atoms with Crippen molar-refractivity contribution in [3.8, 4) is 0 Å². The van der Waals surface area contributed by atoms with Gasteiger partial charge in [-0.05, 0) is 49.9 Å². The summed E-state index contributed by atoms with van der Waals surface area (Å²) < 4.78 is 0. The Morgan fingerprint density at radius 1 is 1.10 bits per heavy atom. The van der Waals surface area contributed by atoms with E-state index in [0.717, 1.165) is 49.7 Å². The fourth-order valence-electron chi connectivity index (χ4n) is 3.39. The van der Waals surface area contributed by atoms with Crippen molar-refractivity contribution in [2.75, 3.05) is 25.0 Å². The second-order valence-electron chi connectivity index (χ2n) is 7.30. The van der Waals surface area contributed by atoms with Gasteiger partial charge in [-0.25, -0.2) is 9.79 Å². The summed E-state index contributed by atoms with van der Waals surface area (Å²) in [6.45, 7) is 7.18. The molecular weight excluding hydrogens is 489 g/mol. The van der Waals surface area contributed by atoms with Crippen molar-refractivity contribution >= 4 is 41.7 Å². The Kier molecular flexibility index (Phi) is 9.93. The van der Waals surface area contributed by atoms with Gasteiger partial charge in [0.05, 0.1) is 12.6 Å². The number of anilines is 1. The van der Waals surface area contributed by atoms with Crippen LogP contribution < -0.4 is 16.0 Å². The summed E-state index contributed by atoms with van der Waals surface area (Å²) in [6.07, 6.45) is 2.17. The van der Waals surface area contributed by atoms with Crippen molar-refractivity contribution in [2.45, 2.75) is 39.3 Å². The zero-order valence-electron chi connectivity index (χ0n) is 17.7. The van der Waals surface area contributed by atoms with Crippen LogP contribution in [0.15, 0.2) is 59.6 Å². The molecule has 1 heterocycles. The second-order valence-corrected chi connectivity index (χ2v) is 7.30. The summed E-state index contributed by atoms with van der Waals surface area (Å²) in [4.78, 5) is 18.9. The molecule has 1 fully saturated rings. The Labute approximate surface area is 196 Å². The smallest absolute Gasteiger partial charge is 0.321 e. The van der Waals surface area contributed by atoms with Gasteiger partial charge in [0.1, 0.15) is 0 Å². The predicted molar refractivity (Wildman–Crippen MR) is 134 cm³/mol. The molecule has 1 unspecified atom stereocenters. The number of benzene rings is 2. The van der Waals surface area contributed by atoms with E-state index in [1.54, 1.807) is 0 Å². The maximum absolute atomic E-state index is 12.3. The van der Waals surface area contributed by atoms with Crippen LogP contribution in [0.1, 0.15) is 43.9 Å². The lowest BCUT2D eigenvalue weighted by Crippen LogP contribution is -2.38. The molecule has 1 atom stereocenters. The fraction of sp³-hybridized carbons (Fsp3) is 0.391. The summed E-state index contributed by atoms with van der Waals surface area (Å²) in [7, 11) is 0. The van der Waals surface area contributed by atoms with Gasteiger partial charge >= 0.3 is 6.03 Å². The number of urea groups is 1. The number of carbonyl (C=O) groups is 1. The third kappa shape index (κ3) is 7.19. The van der Waals surface area contributed by atoms with Crippen LogP contribution in [0, 0.1) is 0 Å². The van der Waals surface area contributed by atoms with Crippen LogP contribution in [-0.2, 0) is 6.54 Å². The summed E-state index contributed by atoms with van der Waals surface area (Å²) in [6, 6.07) is 18.3. The van der Waals surface area contributed by atoms with Crippen LogP contribution in [0.4, 0.5) is 10.5 Å². The van der Waals surface area contributed by atoms with Gasteiger partial charge in [0.2, 0.25) is 0 Å². The molecule has 0 radical (unpaired) electrons. The number of carbonyl (C=O) groups excluding carboxylic acids is 1. The van der Waals surface area contributed by atoms with Gasteiger partial charge in [-0.15, -0.1) is 24.0 Å². The molecule has 6 nitrogen and oxygen atoms in total. The van der Waals surface area contributed by atoms with Gasteiger partial charge in [0.15, 0.2) is 5.96 Å². The molecule has 3 rings (SSSR count). The number of amides is 2. The molecule has 30 heavy (non-hydrogen) atoms. The van der Waals surface area contributed by atoms with E-state index in [1.165, 1.54) is 5.56 Å². The van der Waals surface area contributed by atoms with Gasteiger partial charge in [-0.1, -0.05) is 42.5 Å². The molecule has 3 N–H and O–H groups in total. The molecule has 0 spiro atoms. The highest BCUT2D eigenvalue weighted by atomic mass is 127. The van der Waals surface area contributed by atoms with Crippen molar-refractivity contribution in [3.05, 3.63) is 65.7 Å². The molecule has 1 saturated heterocycles. The third-order valence-electron chi connectivity index (χ3n) is 4.99. The number of rotatable bonds is 6. The first-order valence-electron chi connectivity index (χ1n) is 10.4.